The van der Waals surface area contributed by atoms with E-state index >= 15 is 0 Å². The lowest BCUT2D eigenvalue weighted by Crippen LogP contribution is -1.91. The number of anilines is 2. The lowest BCUT2D eigenvalue weighted by atomic mass is 10.1. The molecule has 0 saturated heterocycles. The van der Waals surface area contributed by atoms with E-state index in [4.69, 9.17) is 8.83 Å². The third kappa shape index (κ3) is 2.78. The minimum atomic E-state index is 0. The molecule has 1 N–H and O–H groups in total. The Kier molecular flexibility index (Phi) is 4.02. The van der Waals surface area contributed by atoms with Gasteiger partial charge in [0, 0.05) is 5.92 Å². The fraction of sp³-hybridized carbons (Fsp3) is 0.400. The van der Waals surface area contributed by atoms with Crippen LogP contribution in [0.4, 0.5) is 12.0 Å². The molecule has 1 fully saturated rings. The van der Waals surface area contributed by atoms with Crippen molar-refractivity contribution >= 4 is 35.5 Å². The molecule has 0 amide bonds. The number of aromatic nitrogens is 3. The average molecular weight is 321 g/mol. The number of oxazole rings is 1. The van der Waals surface area contributed by atoms with Gasteiger partial charge in [-0.05, 0) is 37.5 Å². The Labute approximate surface area is 133 Å². The summed E-state index contributed by atoms with van der Waals surface area (Å²) < 4.78 is 11.3. The highest BCUT2D eigenvalue weighted by Crippen LogP contribution is 2.34. The number of halogens is 1. The van der Waals surface area contributed by atoms with Gasteiger partial charge in [-0.15, -0.1) is 17.5 Å². The highest BCUT2D eigenvalue weighted by molar-refractivity contribution is 5.85. The summed E-state index contributed by atoms with van der Waals surface area (Å²) >= 11 is 0. The topological polar surface area (TPSA) is 77.0 Å². The third-order valence-corrected chi connectivity index (χ3v) is 3.90. The van der Waals surface area contributed by atoms with Crippen LogP contribution in [0.1, 0.15) is 43.1 Å². The monoisotopic (exact) mass is 320 g/mol. The first-order valence-corrected chi connectivity index (χ1v) is 7.25. The van der Waals surface area contributed by atoms with Crippen molar-refractivity contribution in [3.63, 3.8) is 0 Å². The first-order chi connectivity index (χ1) is 10.3. The Balaban J connectivity index is 0.00000144. The summed E-state index contributed by atoms with van der Waals surface area (Å²) in [6.45, 7) is 2.02. The molecule has 1 aromatic carbocycles. The van der Waals surface area contributed by atoms with Crippen LogP contribution in [-0.4, -0.2) is 15.2 Å². The van der Waals surface area contributed by atoms with Gasteiger partial charge in [0.25, 0.3) is 0 Å². The van der Waals surface area contributed by atoms with E-state index in [1.165, 1.54) is 12.8 Å². The standard InChI is InChI=1S/C15H16N4O2.ClH/c1-9-6-7-12-11(8-9)16-14(20-12)17-15-19-18-13(21-15)10-4-2-3-5-10;/h6-8,10H,2-5H2,1H3,(H,16,17,19);1H. The van der Waals surface area contributed by atoms with Crippen LogP contribution in [0.2, 0.25) is 0 Å². The minimum Gasteiger partial charge on any atom is -0.423 e. The second kappa shape index (κ2) is 5.96. The maximum absolute atomic E-state index is 5.66. The Morgan fingerprint density at radius 2 is 1.91 bits per heavy atom. The predicted octanol–water partition coefficient (Wildman–Crippen LogP) is 4.34. The second-order valence-corrected chi connectivity index (χ2v) is 5.54. The zero-order chi connectivity index (χ0) is 14.2. The van der Waals surface area contributed by atoms with E-state index in [0.29, 0.717) is 23.8 Å². The molecule has 1 aliphatic carbocycles. The molecule has 22 heavy (non-hydrogen) atoms. The Morgan fingerprint density at radius 3 is 2.73 bits per heavy atom. The molecule has 0 aliphatic heterocycles. The summed E-state index contributed by atoms with van der Waals surface area (Å²) in [5, 5.41) is 11.1. The number of benzene rings is 1. The van der Waals surface area contributed by atoms with Gasteiger partial charge in [-0.1, -0.05) is 24.0 Å². The van der Waals surface area contributed by atoms with Crippen molar-refractivity contribution in [2.45, 2.75) is 38.5 Å². The summed E-state index contributed by atoms with van der Waals surface area (Å²) in [5.41, 5.74) is 2.69. The van der Waals surface area contributed by atoms with Gasteiger partial charge in [-0.3, -0.25) is 5.32 Å². The smallest absolute Gasteiger partial charge is 0.323 e. The van der Waals surface area contributed by atoms with Gasteiger partial charge in [0.05, 0.1) is 0 Å². The van der Waals surface area contributed by atoms with Crippen LogP contribution >= 0.6 is 12.4 Å². The summed E-state index contributed by atoms with van der Waals surface area (Å²) in [7, 11) is 0. The van der Waals surface area contributed by atoms with E-state index in [-0.39, 0.29) is 12.4 Å². The molecule has 6 nitrogen and oxygen atoms in total. The maximum Gasteiger partial charge on any atom is 0.323 e. The van der Waals surface area contributed by atoms with E-state index in [1.54, 1.807) is 0 Å². The van der Waals surface area contributed by atoms with Crippen LogP contribution < -0.4 is 5.32 Å². The summed E-state index contributed by atoms with van der Waals surface area (Å²) in [6.07, 6.45) is 4.73. The van der Waals surface area contributed by atoms with Gasteiger partial charge in [0.1, 0.15) is 5.52 Å². The van der Waals surface area contributed by atoms with E-state index in [2.05, 4.69) is 20.5 Å². The molecule has 1 aliphatic rings. The van der Waals surface area contributed by atoms with Crippen molar-refractivity contribution in [2.24, 2.45) is 0 Å². The van der Waals surface area contributed by atoms with Crippen molar-refractivity contribution in [3.8, 4) is 0 Å². The number of nitrogens with one attached hydrogen (secondary N) is 1. The molecule has 3 aromatic rings. The highest BCUT2D eigenvalue weighted by atomic mass is 35.5. The molecule has 0 atom stereocenters. The summed E-state index contributed by atoms with van der Waals surface area (Å²) in [5.74, 6) is 1.11. The molecule has 0 spiro atoms. The number of nitrogens with zero attached hydrogens (tertiary/aromatic N) is 3. The third-order valence-electron chi connectivity index (χ3n) is 3.90. The molecule has 0 unspecified atom stereocenters. The lowest BCUT2D eigenvalue weighted by molar-refractivity contribution is 0.457. The zero-order valence-corrected chi connectivity index (χ0v) is 13.0. The fourth-order valence-corrected chi connectivity index (χ4v) is 2.81. The van der Waals surface area contributed by atoms with E-state index in [9.17, 15) is 0 Å². The quantitative estimate of drug-likeness (QED) is 0.773. The highest BCUT2D eigenvalue weighted by Gasteiger charge is 2.23. The average Bonchev–Trinajstić information content (AvgIpc) is 3.16. The van der Waals surface area contributed by atoms with Crippen LogP contribution in [0.25, 0.3) is 11.1 Å². The Hall–Kier alpha value is -2.08. The second-order valence-electron chi connectivity index (χ2n) is 5.54. The molecule has 0 bridgehead atoms. The lowest BCUT2D eigenvalue weighted by Gasteiger charge is -2.00. The molecule has 4 rings (SSSR count). The van der Waals surface area contributed by atoms with Crippen molar-refractivity contribution < 1.29 is 8.83 Å². The summed E-state index contributed by atoms with van der Waals surface area (Å²) in [4.78, 5) is 4.37. The Morgan fingerprint density at radius 1 is 1.09 bits per heavy atom. The number of aryl methyl sites for hydroxylation is 1. The number of fused-ring (bicyclic) bond motifs is 1. The van der Waals surface area contributed by atoms with Crippen LogP contribution in [0, 0.1) is 6.92 Å². The first kappa shape index (κ1) is 14.8. The summed E-state index contributed by atoms with van der Waals surface area (Å²) in [6, 6.07) is 6.57. The molecular formula is C15H17ClN4O2. The molecule has 116 valence electrons. The van der Waals surface area contributed by atoms with Crippen LogP contribution in [-0.2, 0) is 0 Å². The predicted molar refractivity (Wildman–Crippen MR) is 84.8 cm³/mol. The van der Waals surface area contributed by atoms with Crippen LogP contribution in [0.15, 0.2) is 27.0 Å². The van der Waals surface area contributed by atoms with Gasteiger partial charge >= 0.3 is 12.0 Å². The van der Waals surface area contributed by atoms with E-state index in [1.807, 2.05) is 25.1 Å². The maximum atomic E-state index is 5.66. The van der Waals surface area contributed by atoms with Crippen molar-refractivity contribution in [3.05, 3.63) is 29.7 Å². The SMILES string of the molecule is Cc1ccc2oc(Nc3nnc(C4CCCC4)o3)nc2c1.Cl. The molecule has 2 heterocycles. The molecular weight excluding hydrogens is 304 g/mol. The molecule has 0 radical (unpaired) electrons. The van der Waals surface area contributed by atoms with Gasteiger partial charge in [-0.25, -0.2) is 0 Å². The van der Waals surface area contributed by atoms with Crippen LogP contribution in [0.3, 0.4) is 0 Å². The number of hydrogen-bond donors (Lipinski definition) is 1. The fourth-order valence-electron chi connectivity index (χ4n) is 2.81. The molecule has 1 saturated carbocycles. The van der Waals surface area contributed by atoms with Gasteiger partial charge in [0.15, 0.2) is 5.58 Å². The zero-order valence-electron chi connectivity index (χ0n) is 12.2. The van der Waals surface area contributed by atoms with E-state index < -0.39 is 0 Å². The minimum absolute atomic E-state index is 0. The van der Waals surface area contributed by atoms with Gasteiger partial charge in [0.2, 0.25) is 5.89 Å². The van der Waals surface area contributed by atoms with Crippen molar-refractivity contribution in [2.75, 3.05) is 5.32 Å². The molecule has 2 aromatic heterocycles. The Bertz CT molecular complexity index is 777. The van der Waals surface area contributed by atoms with E-state index in [0.717, 1.165) is 29.5 Å². The molecule has 7 heteroatoms. The normalized spacial score (nSPS) is 15.1. The van der Waals surface area contributed by atoms with Gasteiger partial charge in [-0.2, -0.15) is 4.98 Å². The number of hydrogen-bond acceptors (Lipinski definition) is 6. The van der Waals surface area contributed by atoms with Crippen molar-refractivity contribution in [1.29, 1.82) is 0 Å². The number of rotatable bonds is 3. The van der Waals surface area contributed by atoms with Crippen LogP contribution in [0.5, 0.6) is 0 Å². The first-order valence-electron chi connectivity index (χ1n) is 7.25. The largest absolute Gasteiger partial charge is 0.423 e. The van der Waals surface area contributed by atoms with Gasteiger partial charge < -0.3 is 8.83 Å². The van der Waals surface area contributed by atoms with Crippen molar-refractivity contribution in [1.82, 2.24) is 15.2 Å².